The first-order valence-electron chi connectivity index (χ1n) is 31.2. The molecule has 0 aromatic heterocycles. The Morgan fingerprint density at radius 3 is 0.642 bits per heavy atom. The van der Waals surface area contributed by atoms with E-state index in [0.29, 0.717) is 13.0 Å². The summed E-state index contributed by atoms with van der Waals surface area (Å²) in [7, 11) is 1.38. The second kappa shape index (κ2) is 69.7. The first-order chi connectivity index (χ1) is 46.1. The Balaban J connectivity index is 6.28. The van der Waals surface area contributed by atoms with E-state index < -0.39 is 72.4 Å². The zero-order chi connectivity index (χ0) is 69.7. The van der Waals surface area contributed by atoms with Gasteiger partial charge in [0, 0.05) is 6.61 Å². The van der Waals surface area contributed by atoms with E-state index in [0.717, 1.165) is 0 Å². The highest BCUT2D eigenvalue weighted by atomic mass is 17.2. The third-order valence-corrected chi connectivity index (χ3v) is 11.6. The van der Waals surface area contributed by atoms with Crippen LogP contribution < -0.4 is 0 Å². The molecule has 0 radical (unpaired) electrons. The zero-order valence-corrected chi connectivity index (χ0v) is 54.7. The van der Waals surface area contributed by atoms with Gasteiger partial charge in [-0.15, -0.1) is 0 Å². The third kappa shape index (κ3) is 69.5. The highest BCUT2D eigenvalue weighted by molar-refractivity contribution is 5.68. The van der Waals surface area contributed by atoms with Gasteiger partial charge in [-0.3, -0.25) is 34.0 Å². The van der Waals surface area contributed by atoms with Crippen LogP contribution in [0, 0.1) is 0 Å². The number of hydrogen-bond acceptors (Lipinski definition) is 31. The predicted octanol–water partition coefficient (Wildman–Crippen LogP) is -0.148. The van der Waals surface area contributed by atoms with Gasteiger partial charge in [-0.05, 0) is 6.42 Å². The van der Waals surface area contributed by atoms with Gasteiger partial charge in [-0.25, -0.2) is 14.7 Å². The summed E-state index contributed by atoms with van der Waals surface area (Å²) in [6.45, 7) is 1.79. The fourth-order valence-electron chi connectivity index (χ4n) is 7.00. The van der Waals surface area contributed by atoms with E-state index in [9.17, 15) is 28.8 Å². The van der Waals surface area contributed by atoms with Crippen LogP contribution in [0.3, 0.4) is 0 Å². The molecular formula is C58H106O37. The van der Waals surface area contributed by atoms with Crippen molar-refractivity contribution < 1.29 is 179 Å². The highest BCUT2D eigenvalue weighted by Gasteiger charge is 2.21. The molecule has 0 rings (SSSR count). The molecule has 0 heterocycles. The summed E-state index contributed by atoms with van der Waals surface area (Å²) in [4.78, 5) is 79.5. The van der Waals surface area contributed by atoms with Crippen LogP contribution in [0.4, 0.5) is 0 Å². The summed E-state index contributed by atoms with van der Waals surface area (Å²) in [6, 6.07) is 0. The molecule has 37 nitrogen and oxygen atoms in total. The first kappa shape index (κ1) is 90.8. The second-order valence-electron chi connectivity index (χ2n) is 19.7. The molecule has 6 unspecified atom stereocenters. The number of hydrogen-bond donors (Lipinski definition) is 7. The number of rotatable bonds is 80. The summed E-state index contributed by atoms with van der Waals surface area (Å²) in [5.74, 6) is -6.16. The minimum Gasteiger partial charge on any atom is -0.481 e. The maximum absolute atomic E-state index is 11.1. The SMILES string of the molecule is COOCCOCCOCC(COCC(COCC(COCC(COCC(COCC(COCCOCCCOO)OCCOCCC(=O)O)OCCOCCC(=O)O)OCCOCCC(=O)O)OCCOCCC(=O)O)OCCOCCC(=O)O)OCCOCCC(=O)O. The molecule has 95 heavy (non-hydrogen) atoms. The van der Waals surface area contributed by atoms with Crippen molar-refractivity contribution in [1.29, 1.82) is 0 Å². The molecule has 0 aliphatic heterocycles. The van der Waals surface area contributed by atoms with Gasteiger partial charge < -0.3 is 130 Å². The van der Waals surface area contributed by atoms with E-state index >= 15 is 0 Å². The number of carboxylic acids is 6. The lowest BCUT2D eigenvalue weighted by Crippen LogP contribution is -2.36. The molecule has 0 aromatic carbocycles. The molecule has 7 N–H and O–H groups in total. The van der Waals surface area contributed by atoms with Crippen molar-refractivity contribution in [2.24, 2.45) is 0 Å². The smallest absolute Gasteiger partial charge is 0.305 e. The molecule has 560 valence electrons. The van der Waals surface area contributed by atoms with Crippen LogP contribution in [0.25, 0.3) is 0 Å². The van der Waals surface area contributed by atoms with Gasteiger partial charge in [0.15, 0.2) is 0 Å². The monoisotopic (exact) mass is 1390 g/mol. The average Bonchev–Trinajstić information content (AvgIpc) is 3.75. The summed E-state index contributed by atoms with van der Waals surface area (Å²) >= 11 is 0. The summed E-state index contributed by atoms with van der Waals surface area (Å²) < 4.78 is 121. The fraction of sp³-hybridized carbons (Fsp3) is 0.897. The van der Waals surface area contributed by atoms with E-state index in [1.165, 1.54) is 7.11 Å². The molecule has 6 atom stereocenters. The topological polar surface area (TPSA) is 466 Å². The number of carboxylic acid groups (broad SMARTS) is 6. The van der Waals surface area contributed by atoms with Crippen molar-refractivity contribution in [3.05, 3.63) is 0 Å². The quantitative estimate of drug-likeness (QED) is 0.0237. The van der Waals surface area contributed by atoms with Crippen LogP contribution in [-0.2, 0) is 143 Å². The Kier molecular flexibility index (Phi) is 66.6. The van der Waals surface area contributed by atoms with Gasteiger partial charge in [0.2, 0.25) is 0 Å². The Hall–Kier alpha value is -4.18. The highest BCUT2D eigenvalue weighted by Crippen LogP contribution is 2.08. The molecule has 0 saturated heterocycles. The van der Waals surface area contributed by atoms with E-state index in [1.807, 2.05) is 0 Å². The largest absolute Gasteiger partial charge is 0.481 e. The summed E-state index contributed by atoms with van der Waals surface area (Å²) in [6.07, 6.45) is -5.02. The maximum atomic E-state index is 11.1. The minimum absolute atomic E-state index is 0.00111. The normalized spacial score (nSPS) is 13.6. The van der Waals surface area contributed by atoms with Crippen molar-refractivity contribution in [3.63, 3.8) is 0 Å². The van der Waals surface area contributed by atoms with Crippen molar-refractivity contribution >= 4 is 35.8 Å². The van der Waals surface area contributed by atoms with Gasteiger partial charge in [0.25, 0.3) is 0 Å². The van der Waals surface area contributed by atoms with Crippen LogP contribution in [0.5, 0.6) is 0 Å². The molecule has 0 saturated carbocycles. The van der Waals surface area contributed by atoms with Crippen molar-refractivity contribution in [3.8, 4) is 0 Å². The van der Waals surface area contributed by atoms with Crippen molar-refractivity contribution in [2.45, 2.75) is 81.6 Å². The molecule has 0 spiro atoms. The lowest BCUT2D eigenvalue weighted by Gasteiger charge is -2.24. The van der Waals surface area contributed by atoms with Gasteiger partial charge in [0.1, 0.15) is 43.2 Å². The molecule has 0 fully saturated rings. The van der Waals surface area contributed by atoms with E-state index in [-0.39, 0.29) is 283 Å². The van der Waals surface area contributed by atoms with E-state index in [2.05, 4.69) is 9.78 Å². The first-order valence-corrected chi connectivity index (χ1v) is 31.2. The standard InChI is InChI=1S/C58H106O37/c1-72-95-34-27-80-18-20-82-36-48(89-29-22-75-12-4-54(61)62)38-84-40-50(91-31-24-77-14-6-56(65)66)42-86-44-52(93-33-26-79-16-8-58(69)70)46-87-45-51(92-32-25-78-15-7-57(67)68)43-85-41-49(90-30-23-76-13-5-55(63)64)39-83-37-47(88-28-21-74-11-3-53(59)60)35-81-19-17-73-9-2-10-94-71/h47-52,71H,2-46H2,1H3,(H,59,60)(H,61,62)(H,63,64)(H,65,66)(H,67,68)(H,69,70). The molecule has 0 amide bonds. The fourth-order valence-corrected chi connectivity index (χ4v) is 7.00. The van der Waals surface area contributed by atoms with E-state index in [4.69, 9.17) is 140 Å². The summed E-state index contributed by atoms with van der Waals surface area (Å²) in [5, 5.41) is 62.6. The summed E-state index contributed by atoms with van der Waals surface area (Å²) in [5.41, 5.74) is 0. The molecule has 0 aromatic rings. The molecule has 0 aliphatic rings. The van der Waals surface area contributed by atoms with Crippen molar-refractivity contribution in [1.82, 2.24) is 0 Å². The molecular weight excluding hydrogens is 1290 g/mol. The zero-order valence-electron chi connectivity index (χ0n) is 54.7. The van der Waals surface area contributed by atoms with Crippen LogP contribution in [-0.4, -0.2) is 367 Å². The molecule has 0 aliphatic carbocycles. The van der Waals surface area contributed by atoms with Gasteiger partial charge in [0.05, 0.1) is 283 Å². The molecule has 0 bridgehead atoms. The Bertz CT molecular complexity index is 1650. The van der Waals surface area contributed by atoms with Crippen LogP contribution >= 0.6 is 0 Å². The predicted molar refractivity (Wildman–Crippen MR) is 320 cm³/mol. The average molecular weight is 1400 g/mol. The van der Waals surface area contributed by atoms with Crippen LogP contribution in [0.15, 0.2) is 0 Å². The Labute approximate surface area is 553 Å². The Morgan fingerprint density at radius 2 is 0.421 bits per heavy atom. The van der Waals surface area contributed by atoms with Gasteiger partial charge >= 0.3 is 35.8 Å². The molecule has 37 heteroatoms. The van der Waals surface area contributed by atoms with Crippen molar-refractivity contribution in [2.75, 3.05) is 258 Å². The van der Waals surface area contributed by atoms with Gasteiger partial charge in [-0.2, -0.15) is 0 Å². The number of carbonyl (C=O) groups is 6. The lowest BCUT2D eigenvalue weighted by atomic mass is 10.3. The Morgan fingerprint density at radius 1 is 0.232 bits per heavy atom. The number of aliphatic carboxylic acids is 6. The maximum Gasteiger partial charge on any atom is 0.305 e. The number of ether oxygens (including phenoxy) is 21. The lowest BCUT2D eigenvalue weighted by molar-refractivity contribution is -0.278. The van der Waals surface area contributed by atoms with E-state index in [1.54, 1.807) is 0 Å². The van der Waals surface area contributed by atoms with Crippen LogP contribution in [0.2, 0.25) is 0 Å². The second-order valence-corrected chi connectivity index (χ2v) is 19.7. The third-order valence-electron chi connectivity index (χ3n) is 11.6. The van der Waals surface area contributed by atoms with Crippen LogP contribution in [0.1, 0.15) is 44.9 Å². The van der Waals surface area contributed by atoms with Gasteiger partial charge in [-0.1, -0.05) is 0 Å². The minimum atomic E-state index is -1.04.